The number of benzene rings is 2. The molecule has 4 rings (SSSR count). The Morgan fingerprint density at radius 2 is 1.78 bits per heavy atom. The fourth-order valence-electron chi connectivity index (χ4n) is 4.68. The minimum Gasteiger partial charge on any atom is -0.493 e. The number of fused-ring (bicyclic) bond motifs is 3. The number of amides is 1. The lowest BCUT2D eigenvalue weighted by molar-refractivity contribution is -0.385. The molecule has 1 amide bonds. The van der Waals surface area contributed by atoms with Crippen LogP contribution < -0.4 is 25.0 Å². The second-order valence-corrected chi connectivity index (χ2v) is 9.15. The number of nitrogens with zero attached hydrogens (tertiary/aromatic N) is 1. The van der Waals surface area contributed by atoms with Crippen molar-refractivity contribution in [3.8, 4) is 28.4 Å². The summed E-state index contributed by atoms with van der Waals surface area (Å²) < 4.78 is 16.9. The molecule has 1 aliphatic carbocycles. The first-order chi connectivity index (χ1) is 17.8. The van der Waals surface area contributed by atoms with Gasteiger partial charge < -0.3 is 19.5 Å². The maximum atomic E-state index is 13.3. The molecule has 10 heteroatoms. The number of ether oxygens (including phenoxy) is 3. The van der Waals surface area contributed by atoms with Gasteiger partial charge in [-0.05, 0) is 60.1 Å². The maximum absolute atomic E-state index is 13.3. The lowest BCUT2D eigenvalue weighted by Crippen LogP contribution is -2.29. The Labute approximate surface area is 217 Å². The molecule has 1 atom stereocenters. The molecular formula is C27H26N2O7S. The van der Waals surface area contributed by atoms with E-state index in [4.69, 9.17) is 14.2 Å². The van der Waals surface area contributed by atoms with Crippen molar-refractivity contribution in [2.75, 3.05) is 27.6 Å². The van der Waals surface area contributed by atoms with Crippen molar-refractivity contribution in [2.24, 2.45) is 0 Å². The summed E-state index contributed by atoms with van der Waals surface area (Å²) in [4.78, 5) is 37.8. The number of hydrogen-bond acceptors (Lipinski definition) is 8. The number of thioether (sulfide) groups is 1. The summed E-state index contributed by atoms with van der Waals surface area (Å²) in [5.41, 5.74) is 2.37. The summed E-state index contributed by atoms with van der Waals surface area (Å²) in [5, 5.41) is 14.5. The minimum absolute atomic E-state index is 0.0517. The van der Waals surface area contributed by atoms with E-state index in [1.54, 1.807) is 19.2 Å². The normalized spacial score (nSPS) is 14.0. The standard InChI is InChI=1S/C27H26N2O7S/c1-34-22-13-15-9-11-19(28-27(31)17-7-5-6-8-20(17)29(32)33)18-14-21(30)23(37-4)12-10-16(18)24(15)26(36-3)25(22)35-2/h5-8,10,12-14,19H,9,11H2,1-4H3,(H,28,31)/t19-/m0/s1. The topological polar surface area (TPSA) is 117 Å². The molecule has 37 heavy (non-hydrogen) atoms. The van der Waals surface area contributed by atoms with Crippen LogP contribution in [0.4, 0.5) is 5.69 Å². The molecule has 1 N–H and O–H groups in total. The lowest BCUT2D eigenvalue weighted by atomic mass is 9.95. The number of carbonyl (C=O) groups excluding carboxylic acids is 1. The predicted molar refractivity (Wildman–Crippen MR) is 141 cm³/mol. The Morgan fingerprint density at radius 3 is 2.43 bits per heavy atom. The van der Waals surface area contributed by atoms with Gasteiger partial charge in [-0.2, -0.15) is 0 Å². The van der Waals surface area contributed by atoms with Gasteiger partial charge >= 0.3 is 0 Å². The Bertz CT molecular complexity index is 1440. The molecule has 0 bridgehead atoms. The first-order valence-corrected chi connectivity index (χ1v) is 12.7. The second kappa shape index (κ2) is 10.9. The molecule has 0 aromatic heterocycles. The van der Waals surface area contributed by atoms with Crippen molar-refractivity contribution in [1.82, 2.24) is 5.32 Å². The van der Waals surface area contributed by atoms with Crippen LogP contribution in [0.2, 0.25) is 0 Å². The van der Waals surface area contributed by atoms with Crippen LogP contribution in [0.5, 0.6) is 17.2 Å². The smallest absolute Gasteiger partial charge is 0.282 e. The Hall–Kier alpha value is -4.05. The molecule has 0 aliphatic heterocycles. The third-order valence-corrected chi connectivity index (χ3v) is 7.15. The van der Waals surface area contributed by atoms with Crippen molar-refractivity contribution in [3.05, 3.63) is 85.6 Å². The van der Waals surface area contributed by atoms with Gasteiger partial charge in [0, 0.05) is 11.6 Å². The number of nitro benzene ring substituents is 1. The van der Waals surface area contributed by atoms with Crippen molar-refractivity contribution < 1.29 is 23.9 Å². The summed E-state index contributed by atoms with van der Waals surface area (Å²) in [6.07, 6.45) is 2.76. The lowest BCUT2D eigenvalue weighted by Gasteiger charge is -2.20. The summed E-state index contributed by atoms with van der Waals surface area (Å²) in [7, 11) is 4.59. The van der Waals surface area contributed by atoms with Crippen LogP contribution in [0.25, 0.3) is 11.1 Å². The van der Waals surface area contributed by atoms with E-state index in [-0.39, 0.29) is 16.7 Å². The number of nitrogens with one attached hydrogen (secondary N) is 1. The van der Waals surface area contributed by atoms with Gasteiger partial charge in [-0.25, -0.2) is 0 Å². The number of carbonyl (C=O) groups is 1. The van der Waals surface area contributed by atoms with Gasteiger partial charge in [-0.3, -0.25) is 19.7 Å². The van der Waals surface area contributed by atoms with Crippen molar-refractivity contribution >= 4 is 23.4 Å². The minimum atomic E-state index is -0.605. The van der Waals surface area contributed by atoms with Crippen LogP contribution >= 0.6 is 11.8 Å². The van der Waals surface area contributed by atoms with Gasteiger partial charge in [0.1, 0.15) is 5.56 Å². The number of para-hydroxylation sites is 1. The zero-order chi connectivity index (χ0) is 26.7. The van der Waals surface area contributed by atoms with E-state index in [2.05, 4.69) is 5.32 Å². The van der Waals surface area contributed by atoms with Gasteiger partial charge in [0.05, 0.1) is 37.2 Å². The van der Waals surface area contributed by atoms with Gasteiger partial charge in [0.15, 0.2) is 16.9 Å². The molecule has 0 spiro atoms. The average molecular weight is 523 g/mol. The first-order valence-electron chi connectivity index (χ1n) is 11.4. The molecule has 3 aromatic carbocycles. The summed E-state index contributed by atoms with van der Waals surface area (Å²) in [5.74, 6) is 0.765. The van der Waals surface area contributed by atoms with E-state index in [9.17, 15) is 19.7 Å². The zero-order valence-electron chi connectivity index (χ0n) is 20.8. The number of methoxy groups -OCH3 is 3. The number of nitro groups is 1. The Kier molecular flexibility index (Phi) is 7.68. The molecular weight excluding hydrogens is 496 g/mol. The fraction of sp³-hybridized carbons (Fsp3) is 0.259. The molecule has 0 fully saturated rings. The van der Waals surface area contributed by atoms with Crippen LogP contribution in [0.1, 0.15) is 33.9 Å². The van der Waals surface area contributed by atoms with Crippen LogP contribution in [-0.4, -0.2) is 38.4 Å². The van der Waals surface area contributed by atoms with E-state index in [1.807, 2.05) is 18.4 Å². The van der Waals surface area contributed by atoms with Gasteiger partial charge in [0.25, 0.3) is 11.6 Å². The second-order valence-electron chi connectivity index (χ2n) is 8.30. The third kappa shape index (κ3) is 4.84. The van der Waals surface area contributed by atoms with E-state index in [0.29, 0.717) is 46.1 Å². The number of hydrogen-bond donors (Lipinski definition) is 1. The quantitative estimate of drug-likeness (QED) is 0.268. The van der Waals surface area contributed by atoms with E-state index in [0.717, 1.165) is 11.1 Å². The van der Waals surface area contributed by atoms with Crippen LogP contribution in [0.3, 0.4) is 0 Å². The maximum Gasteiger partial charge on any atom is 0.282 e. The van der Waals surface area contributed by atoms with Crippen LogP contribution in [0.15, 0.2) is 58.2 Å². The highest BCUT2D eigenvalue weighted by molar-refractivity contribution is 7.98. The van der Waals surface area contributed by atoms with Gasteiger partial charge in [-0.15, -0.1) is 11.8 Å². The molecule has 0 saturated carbocycles. The highest BCUT2D eigenvalue weighted by Gasteiger charge is 2.31. The van der Waals surface area contributed by atoms with Crippen molar-refractivity contribution in [1.29, 1.82) is 0 Å². The Morgan fingerprint density at radius 1 is 1.05 bits per heavy atom. The van der Waals surface area contributed by atoms with Crippen LogP contribution in [-0.2, 0) is 6.42 Å². The fourth-order valence-corrected chi connectivity index (χ4v) is 5.14. The average Bonchev–Trinajstić information content (AvgIpc) is 3.15. The van der Waals surface area contributed by atoms with Crippen molar-refractivity contribution in [3.63, 3.8) is 0 Å². The zero-order valence-corrected chi connectivity index (χ0v) is 21.6. The summed E-state index contributed by atoms with van der Waals surface area (Å²) in [6.45, 7) is 0. The molecule has 1 aliphatic rings. The number of aryl methyl sites for hydroxylation is 1. The first kappa shape index (κ1) is 26.0. The van der Waals surface area contributed by atoms with E-state index in [1.165, 1.54) is 50.2 Å². The molecule has 0 heterocycles. The Balaban J connectivity index is 1.94. The summed E-state index contributed by atoms with van der Waals surface area (Å²) >= 11 is 1.32. The van der Waals surface area contributed by atoms with Gasteiger partial charge in [-0.1, -0.05) is 18.2 Å². The molecule has 0 saturated heterocycles. The largest absolute Gasteiger partial charge is 0.493 e. The monoisotopic (exact) mass is 522 g/mol. The molecule has 0 unspecified atom stereocenters. The van der Waals surface area contributed by atoms with E-state index < -0.39 is 16.9 Å². The molecule has 192 valence electrons. The van der Waals surface area contributed by atoms with Crippen LogP contribution in [0, 0.1) is 10.1 Å². The highest BCUT2D eigenvalue weighted by atomic mass is 32.2. The van der Waals surface area contributed by atoms with Crippen molar-refractivity contribution in [2.45, 2.75) is 23.8 Å². The molecule has 3 aromatic rings. The van der Waals surface area contributed by atoms with Gasteiger partial charge in [0.2, 0.25) is 5.75 Å². The van der Waals surface area contributed by atoms with E-state index >= 15 is 0 Å². The highest BCUT2D eigenvalue weighted by Crippen LogP contribution is 2.50. The molecule has 0 radical (unpaired) electrons. The number of rotatable bonds is 7. The molecule has 9 nitrogen and oxygen atoms in total. The SMILES string of the molecule is COc1cc2c(c(OC)c1OC)-c1ccc(SC)c(=O)cc1[C@@H](NC(=O)c1ccccc1[N+](=O)[O-])CC2. The third-order valence-electron chi connectivity index (χ3n) is 6.37. The predicted octanol–water partition coefficient (Wildman–Crippen LogP) is 4.79. The summed E-state index contributed by atoms with van der Waals surface area (Å²) in [6, 6.07) is 12.2.